The first-order valence-electron chi connectivity index (χ1n) is 7.50. The van der Waals surface area contributed by atoms with E-state index in [1.165, 1.54) is 13.2 Å². The highest BCUT2D eigenvalue weighted by Crippen LogP contribution is 2.25. The lowest BCUT2D eigenvalue weighted by Crippen LogP contribution is -2.49. The Hall–Kier alpha value is -1.93. The van der Waals surface area contributed by atoms with Crippen LogP contribution in [0.2, 0.25) is 0 Å². The summed E-state index contributed by atoms with van der Waals surface area (Å²) in [6, 6.07) is 8.23. The third-order valence-electron chi connectivity index (χ3n) is 3.73. The smallest absolute Gasteiger partial charge is 0.336 e. The van der Waals surface area contributed by atoms with E-state index in [0.29, 0.717) is 11.3 Å². The number of ether oxygens (including phenoxy) is 3. The number of para-hydroxylation sites is 1. The summed E-state index contributed by atoms with van der Waals surface area (Å²) in [5.41, 5.74) is -1.04. The SMILES string of the molecule is COC(C(O)CO)C(C)(C)OCOc1cccc2ccc(=O)oc12. The van der Waals surface area contributed by atoms with Crippen LogP contribution in [0.5, 0.6) is 5.75 Å². The van der Waals surface area contributed by atoms with Crippen LogP contribution in [-0.2, 0) is 9.47 Å². The molecule has 2 N–H and O–H groups in total. The third-order valence-corrected chi connectivity index (χ3v) is 3.73. The van der Waals surface area contributed by atoms with Gasteiger partial charge in [0, 0.05) is 18.6 Å². The number of aliphatic hydroxyl groups excluding tert-OH is 2. The molecule has 0 spiro atoms. The Morgan fingerprint density at radius 1 is 1.25 bits per heavy atom. The Labute approximate surface area is 139 Å². The molecule has 1 aromatic heterocycles. The molecule has 0 saturated heterocycles. The minimum absolute atomic E-state index is 0.150. The second-order valence-electron chi connectivity index (χ2n) is 5.85. The minimum atomic E-state index is -1.08. The maximum absolute atomic E-state index is 11.4. The van der Waals surface area contributed by atoms with E-state index in [4.69, 9.17) is 23.7 Å². The highest BCUT2D eigenvalue weighted by atomic mass is 16.7. The van der Waals surface area contributed by atoms with Gasteiger partial charge in [-0.25, -0.2) is 4.79 Å². The summed E-state index contributed by atoms with van der Waals surface area (Å²) in [6.07, 6.45) is -1.82. The van der Waals surface area contributed by atoms with Gasteiger partial charge in [0.25, 0.3) is 0 Å². The topological polar surface area (TPSA) is 98.4 Å². The molecular weight excluding hydrogens is 316 g/mol. The summed E-state index contributed by atoms with van der Waals surface area (Å²) in [7, 11) is 1.43. The van der Waals surface area contributed by atoms with E-state index in [-0.39, 0.29) is 6.79 Å². The average molecular weight is 338 g/mol. The van der Waals surface area contributed by atoms with E-state index in [9.17, 15) is 9.90 Å². The van der Waals surface area contributed by atoms with Gasteiger partial charge in [0.1, 0.15) is 12.2 Å². The predicted molar refractivity (Wildman–Crippen MR) is 87.0 cm³/mol. The van der Waals surface area contributed by atoms with Crippen LogP contribution >= 0.6 is 0 Å². The maximum atomic E-state index is 11.4. The molecule has 0 fully saturated rings. The Balaban J connectivity index is 2.09. The number of aliphatic hydroxyl groups is 2. The van der Waals surface area contributed by atoms with Crippen molar-refractivity contribution in [3.8, 4) is 5.75 Å². The maximum Gasteiger partial charge on any atom is 0.336 e. The van der Waals surface area contributed by atoms with Crippen molar-refractivity contribution in [1.82, 2.24) is 0 Å². The molecule has 132 valence electrons. The van der Waals surface area contributed by atoms with Crippen LogP contribution in [0.25, 0.3) is 11.0 Å². The summed E-state index contributed by atoms with van der Waals surface area (Å²) >= 11 is 0. The van der Waals surface area contributed by atoms with Crippen molar-refractivity contribution in [3.63, 3.8) is 0 Å². The van der Waals surface area contributed by atoms with E-state index >= 15 is 0 Å². The monoisotopic (exact) mass is 338 g/mol. The van der Waals surface area contributed by atoms with Gasteiger partial charge in [0.05, 0.1) is 12.2 Å². The quantitative estimate of drug-likeness (QED) is 0.553. The van der Waals surface area contributed by atoms with Crippen LogP contribution in [0.1, 0.15) is 13.8 Å². The lowest BCUT2D eigenvalue weighted by Gasteiger charge is -2.35. The normalized spacial score (nSPS) is 14.5. The molecule has 2 rings (SSSR count). The highest BCUT2D eigenvalue weighted by Gasteiger charge is 2.36. The first kappa shape index (κ1) is 18.4. The molecule has 0 aliphatic rings. The molecule has 0 bridgehead atoms. The second-order valence-corrected chi connectivity index (χ2v) is 5.85. The molecule has 0 aliphatic carbocycles. The molecule has 0 aliphatic heterocycles. The van der Waals surface area contributed by atoms with Crippen molar-refractivity contribution >= 4 is 11.0 Å². The van der Waals surface area contributed by atoms with Gasteiger partial charge in [0.2, 0.25) is 0 Å². The molecule has 0 radical (unpaired) electrons. The lowest BCUT2D eigenvalue weighted by atomic mass is 9.97. The zero-order valence-electron chi connectivity index (χ0n) is 13.9. The summed E-state index contributed by atoms with van der Waals surface area (Å²) < 4.78 is 21.6. The molecule has 0 saturated carbocycles. The number of benzene rings is 1. The Bertz CT molecular complexity index is 722. The molecule has 1 aromatic carbocycles. The number of hydrogen-bond donors (Lipinski definition) is 2. The van der Waals surface area contributed by atoms with Crippen LogP contribution in [0.15, 0.2) is 39.5 Å². The summed E-state index contributed by atoms with van der Waals surface area (Å²) in [5, 5.41) is 19.6. The number of rotatable bonds is 8. The molecule has 7 heteroatoms. The number of fused-ring (bicyclic) bond motifs is 1. The van der Waals surface area contributed by atoms with Gasteiger partial charge in [-0.1, -0.05) is 12.1 Å². The fraction of sp³-hybridized carbons (Fsp3) is 0.471. The van der Waals surface area contributed by atoms with Crippen LogP contribution < -0.4 is 10.4 Å². The van der Waals surface area contributed by atoms with E-state index in [2.05, 4.69) is 0 Å². The first-order chi connectivity index (χ1) is 11.4. The molecule has 2 unspecified atom stereocenters. The largest absolute Gasteiger partial charge is 0.464 e. The first-order valence-corrected chi connectivity index (χ1v) is 7.50. The Morgan fingerprint density at radius 2 is 2.00 bits per heavy atom. The van der Waals surface area contributed by atoms with E-state index in [1.54, 1.807) is 38.1 Å². The highest BCUT2D eigenvalue weighted by molar-refractivity contribution is 5.82. The molecule has 1 heterocycles. The molecule has 2 atom stereocenters. The van der Waals surface area contributed by atoms with Crippen LogP contribution in [0, 0.1) is 0 Å². The molecular formula is C17H22O7. The van der Waals surface area contributed by atoms with E-state index in [0.717, 1.165) is 5.39 Å². The average Bonchev–Trinajstić information content (AvgIpc) is 2.55. The van der Waals surface area contributed by atoms with Crippen LogP contribution in [0.4, 0.5) is 0 Å². The molecule has 0 amide bonds. The summed E-state index contributed by atoms with van der Waals surface area (Å²) in [5.74, 6) is 0.373. The van der Waals surface area contributed by atoms with Crippen molar-refractivity contribution in [2.75, 3.05) is 20.5 Å². The van der Waals surface area contributed by atoms with E-state index in [1.807, 2.05) is 0 Å². The van der Waals surface area contributed by atoms with Gasteiger partial charge in [-0.3, -0.25) is 0 Å². The number of hydrogen-bond acceptors (Lipinski definition) is 7. The fourth-order valence-corrected chi connectivity index (χ4v) is 2.51. The standard InChI is InChI=1S/C17H22O7/c1-17(2,16(21-3)12(19)9-18)23-10-22-13-6-4-5-11-7-8-14(20)24-15(11)13/h4-8,12,16,18-19H,9-10H2,1-3H3. The lowest BCUT2D eigenvalue weighted by molar-refractivity contribution is -0.184. The van der Waals surface area contributed by atoms with Gasteiger partial charge < -0.3 is 28.8 Å². The second kappa shape index (κ2) is 7.76. The third kappa shape index (κ3) is 4.12. The summed E-state index contributed by atoms with van der Waals surface area (Å²) in [6.45, 7) is 2.84. The summed E-state index contributed by atoms with van der Waals surface area (Å²) in [4.78, 5) is 11.4. The van der Waals surface area contributed by atoms with E-state index < -0.39 is 30.0 Å². The number of methoxy groups -OCH3 is 1. The van der Waals surface area contributed by atoms with Gasteiger partial charge >= 0.3 is 5.63 Å². The fourth-order valence-electron chi connectivity index (χ4n) is 2.51. The van der Waals surface area contributed by atoms with Gasteiger partial charge in [-0.15, -0.1) is 0 Å². The van der Waals surface area contributed by atoms with Gasteiger partial charge in [-0.05, 0) is 26.0 Å². The van der Waals surface area contributed by atoms with Gasteiger partial charge in [-0.2, -0.15) is 0 Å². The zero-order valence-corrected chi connectivity index (χ0v) is 13.9. The van der Waals surface area contributed by atoms with Crippen LogP contribution in [0.3, 0.4) is 0 Å². The van der Waals surface area contributed by atoms with Crippen molar-refractivity contribution in [1.29, 1.82) is 0 Å². The molecule has 24 heavy (non-hydrogen) atoms. The van der Waals surface area contributed by atoms with Gasteiger partial charge in [0.15, 0.2) is 18.1 Å². The Kier molecular flexibility index (Phi) is 5.95. The minimum Gasteiger partial charge on any atom is -0.464 e. The molecule has 7 nitrogen and oxygen atoms in total. The van der Waals surface area contributed by atoms with Crippen LogP contribution in [-0.4, -0.2) is 48.5 Å². The zero-order chi connectivity index (χ0) is 17.7. The van der Waals surface area contributed by atoms with Crippen molar-refractivity contribution in [2.24, 2.45) is 0 Å². The predicted octanol–water partition coefficient (Wildman–Crippen LogP) is 1.29. The molecule has 2 aromatic rings. The van der Waals surface area contributed by atoms with Crippen molar-refractivity contribution < 1.29 is 28.8 Å². The van der Waals surface area contributed by atoms with Crippen molar-refractivity contribution in [2.45, 2.75) is 31.7 Å². The Morgan fingerprint density at radius 3 is 2.67 bits per heavy atom. The van der Waals surface area contributed by atoms with Crippen molar-refractivity contribution in [3.05, 3.63) is 40.8 Å².